The molecule has 0 bridgehead atoms. The van der Waals surface area contributed by atoms with E-state index in [0.717, 1.165) is 63.5 Å². The number of methoxy groups -OCH3 is 1. The first kappa shape index (κ1) is 45.4. The molecule has 1 atom stereocenters. The average Bonchev–Trinajstić information content (AvgIpc) is 2.89. The molecule has 0 saturated carbocycles. The number of benzene rings is 1. The Morgan fingerprint density at radius 2 is 1.51 bits per heavy atom. The Kier molecular flexibility index (Phi) is 36.5. The van der Waals surface area contributed by atoms with Gasteiger partial charge in [0.2, 0.25) is 0 Å². The van der Waals surface area contributed by atoms with Gasteiger partial charge in [0.25, 0.3) is 0 Å². The molecule has 0 heterocycles. The summed E-state index contributed by atoms with van der Waals surface area (Å²) in [6.45, 7) is 8.52. The van der Waals surface area contributed by atoms with Crippen LogP contribution in [0.2, 0.25) is 0 Å². The number of carbonyl (C=O) groups is 2. The topological polar surface area (TPSA) is 43.4 Å². The number of Topliss-reactive ketones (excluding diaryl/α,β-unsaturated/α-hetero) is 1. The van der Waals surface area contributed by atoms with Crippen LogP contribution in [0.3, 0.4) is 0 Å². The van der Waals surface area contributed by atoms with Crippen molar-refractivity contribution < 1.29 is 37.8 Å². The van der Waals surface area contributed by atoms with Gasteiger partial charge in [-0.2, -0.15) is 0 Å². The van der Waals surface area contributed by atoms with E-state index in [1.165, 1.54) is 29.6 Å². The van der Waals surface area contributed by atoms with Crippen LogP contribution >= 0.6 is 82.5 Å². The number of ketones is 2. The summed E-state index contributed by atoms with van der Waals surface area (Å²) in [6, 6.07) is 8.22. The second-order valence-electron chi connectivity index (χ2n) is 8.92. The first-order valence-electron chi connectivity index (χ1n) is 13.4. The summed E-state index contributed by atoms with van der Waals surface area (Å²) in [5.41, 5.74) is 4.08. The van der Waals surface area contributed by atoms with Gasteiger partial charge in [-0.1, -0.05) is 98.9 Å². The molecule has 0 aliphatic heterocycles. The second kappa shape index (κ2) is 31.4. The predicted molar refractivity (Wildman–Crippen MR) is 197 cm³/mol. The van der Waals surface area contributed by atoms with E-state index >= 15 is 0 Å². The van der Waals surface area contributed by atoms with Crippen molar-refractivity contribution in [2.45, 2.75) is 98.3 Å². The summed E-state index contributed by atoms with van der Waals surface area (Å²) in [4.78, 5) is 23.8. The van der Waals surface area contributed by atoms with Crippen LogP contribution in [0.4, 0.5) is 0 Å². The quantitative estimate of drug-likeness (QED) is 0.155. The zero-order valence-electron chi connectivity index (χ0n) is 24.5. The van der Waals surface area contributed by atoms with Crippen molar-refractivity contribution >= 4 is 94.1 Å². The Morgan fingerprint density at radius 3 is 2.03 bits per heavy atom. The molecular weight excluding hydrogens is 1020 g/mol. The van der Waals surface area contributed by atoms with Crippen molar-refractivity contribution in [2.24, 2.45) is 5.92 Å². The second-order valence-corrected chi connectivity index (χ2v) is 44.3. The molecule has 1 aromatic carbocycles. The van der Waals surface area contributed by atoms with Crippen LogP contribution in [-0.4, -0.2) is 23.6 Å². The number of ether oxygens (including phenoxy) is 1. The van der Waals surface area contributed by atoms with Crippen LogP contribution in [0.25, 0.3) is 0 Å². The summed E-state index contributed by atoms with van der Waals surface area (Å²) in [5, 5.41) is 0. The van der Waals surface area contributed by atoms with E-state index in [1.54, 1.807) is 7.11 Å². The molecule has 39 heavy (non-hydrogen) atoms. The van der Waals surface area contributed by atoms with Gasteiger partial charge >= 0.3 is 64.9 Å². The van der Waals surface area contributed by atoms with Crippen molar-refractivity contribution in [2.75, 3.05) is 12.0 Å². The minimum absolute atomic E-state index is 0. The predicted octanol–water partition coefficient (Wildman–Crippen LogP) is 11.5. The fraction of sp³-hybridized carbons (Fsp3) is 0.600. The molecule has 3 rings (SSSR count). The smallest absolute Gasteiger partial charge is 0 e. The van der Waals surface area contributed by atoms with Gasteiger partial charge in [-0.05, 0) is 67.2 Å². The molecule has 0 aromatic heterocycles. The molecule has 0 fully saturated rings. The number of alkyl halides is 1. The third kappa shape index (κ3) is 26.1. The molecule has 0 amide bonds. The Hall–Kier alpha value is 1.93. The molecule has 1 radical (unpaired) electrons. The third-order valence-corrected chi connectivity index (χ3v) is 5.91. The van der Waals surface area contributed by atoms with Crippen LogP contribution in [-0.2, 0) is 39.5 Å². The van der Waals surface area contributed by atoms with Gasteiger partial charge in [0.05, 0.1) is 7.11 Å². The van der Waals surface area contributed by atoms with Crippen LogP contribution in [0.1, 0.15) is 97.5 Å². The summed E-state index contributed by atoms with van der Waals surface area (Å²) in [5.74, 6) is 1.92. The van der Waals surface area contributed by atoms with Gasteiger partial charge in [0, 0.05) is 37.3 Å². The van der Waals surface area contributed by atoms with E-state index in [9.17, 15) is 9.59 Å². The summed E-state index contributed by atoms with van der Waals surface area (Å²) >= 11 is 9.54. The molecule has 9 heteroatoms. The molecule has 2 aliphatic carbocycles. The maximum Gasteiger partial charge on any atom is 0 e. The van der Waals surface area contributed by atoms with Gasteiger partial charge in [-0.15, -0.1) is 0 Å². The summed E-state index contributed by atoms with van der Waals surface area (Å²) in [6.07, 6.45) is 15.7. The molecule has 0 spiro atoms. The Bertz CT molecular complexity index is 827. The van der Waals surface area contributed by atoms with Crippen LogP contribution in [0.15, 0.2) is 47.6 Å². The SMILES string of the molecule is CCCC1=CC(=O)CCC1.CCCC1=CCCC(=O)C1C.CCCc1cccc(OC)c1.CI.[I][V]([I])[I].[V]. The van der Waals surface area contributed by atoms with Crippen molar-refractivity contribution in [3.8, 4) is 5.75 Å². The first-order valence-corrected chi connectivity index (χ1v) is 29.1. The summed E-state index contributed by atoms with van der Waals surface area (Å²) < 4.78 is 5.10. The number of rotatable bonds is 7. The van der Waals surface area contributed by atoms with Crippen LogP contribution in [0.5, 0.6) is 5.75 Å². The van der Waals surface area contributed by atoms with Crippen molar-refractivity contribution in [3.63, 3.8) is 0 Å². The van der Waals surface area contributed by atoms with Gasteiger partial charge in [-0.25, -0.2) is 0 Å². The van der Waals surface area contributed by atoms with E-state index in [-0.39, 0.29) is 29.4 Å². The fourth-order valence-electron chi connectivity index (χ4n) is 4.10. The Morgan fingerprint density at radius 1 is 0.923 bits per heavy atom. The monoisotopic (exact) mass is 1060 g/mol. The Labute approximate surface area is 302 Å². The van der Waals surface area contributed by atoms with Gasteiger partial charge in [0.15, 0.2) is 5.78 Å². The summed E-state index contributed by atoms with van der Waals surface area (Å²) in [7, 11) is 1.70. The van der Waals surface area contributed by atoms with E-state index in [2.05, 4.69) is 122 Å². The molecule has 223 valence electrons. The van der Waals surface area contributed by atoms with Crippen molar-refractivity contribution in [1.29, 1.82) is 0 Å². The molecule has 1 aromatic rings. The van der Waals surface area contributed by atoms with Gasteiger partial charge in [-0.3, -0.25) is 9.59 Å². The van der Waals surface area contributed by atoms with Crippen LogP contribution in [0, 0.1) is 5.92 Å². The zero-order chi connectivity index (χ0) is 29.3. The third-order valence-electron chi connectivity index (χ3n) is 5.91. The standard InChI is InChI=1S/C10H14O.C10H16O.C9H14O.CH3I.3HI.2V/c1-3-5-9-6-4-7-10(8-9)11-2;1-3-5-9-6-4-7-10(11)8(9)2;1-2-4-8-5-3-6-9(10)7-8;1-2;;;;;/h4,6-8H,3,5H2,1-2H3;6,8H,3-5,7H2,1-2H3;7H,2-6H2,1H3;1H3;3*1H;;/q;;;;;;;;+3/p-3. The number of halogens is 4. The number of carbonyl (C=O) groups excluding carboxylic acids is 2. The first-order chi connectivity index (χ1) is 18.2. The van der Waals surface area contributed by atoms with Gasteiger partial charge < -0.3 is 4.74 Å². The fourth-order valence-corrected chi connectivity index (χ4v) is 4.10. The molecule has 2 aliphatic rings. The molecular formula is C30H47I4O3V2. The maximum atomic E-state index is 11.2. The van der Waals surface area contributed by atoms with Crippen molar-refractivity contribution in [1.82, 2.24) is 0 Å². The van der Waals surface area contributed by atoms with E-state index in [0.29, 0.717) is 11.6 Å². The minimum Gasteiger partial charge on any atom is 0 e. The Balaban J connectivity index is -0.000000448. The van der Waals surface area contributed by atoms with E-state index < -0.39 is 0 Å². The zero-order valence-corrected chi connectivity index (χ0v) is 35.9. The maximum absolute atomic E-state index is 11.2. The van der Waals surface area contributed by atoms with E-state index in [4.69, 9.17) is 4.74 Å². The number of aryl methyl sites for hydroxylation is 1. The van der Waals surface area contributed by atoms with E-state index in [1.807, 2.05) is 30.1 Å². The molecule has 3 nitrogen and oxygen atoms in total. The average molecular weight is 1070 g/mol. The minimum atomic E-state index is -0.278. The molecule has 1 unspecified atom stereocenters. The largest absolute Gasteiger partial charge is 0 e. The number of hydrogen-bond donors (Lipinski definition) is 0. The number of hydrogen-bond acceptors (Lipinski definition) is 3. The normalized spacial score (nSPS) is 15.7. The van der Waals surface area contributed by atoms with Gasteiger partial charge in [0.1, 0.15) is 11.5 Å². The van der Waals surface area contributed by atoms with Crippen LogP contribution < -0.4 is 4.74 Å². The number of allylic oxidation sites excluding steroid dienone is 4. The van der Waals surface area contributed by atoms with Crippen molar-refractivity contribution in [3.05, 3.63) is 53.1 Å². The molecule has 0 N–H and O–H groups in total. The molecule has 0 saturated heterocycles.